The molecule has 0 aliphatic carbocycles. The van der Waals surface area contributed by atoms with Crippen molar-refractivity contribution in [3.8, 4) is 5.75 Å². The molecule has 4 N–H and O–H groups in total. The first-order chi connectivity index (χ1) is 16.5. The SMILES string of the molecule is Cc1cc(/N=c2\[nH]c(=O)n(CC(O)(CO)CO)c(=O)n2Cc2ccc(Cl)cc2)ccc1OC(C)C. The number of hydrogen-bond acceptors (Lipinski definition) is 7. The van der Waals surface area contributed by atoms with Crippen molar-refractivity contribution in [2.75, 3.05) is 13.2 Å². The third-order valence-corrected chi connectivity index (χ3v) is 5.48. The lowest BCUT2D eigenvalue weighted by molar-refractivity contribution is -0.0676. The summed E-state index contributed by atoms with van der Waals surface area (Å²) in [6.45, 7) is 3.44. The number of aromatic amines is 1. The number of rotatable bonds is 9. The van der Waals surface area contributed by atoms with Crippen LogP contribution in [-0.4, -0.2) is 54.4 Å². The quantitative estimate of drug-likeness (QED) is 0.343. The van der Waals surface area contributed by atoms with Gasteiger partial charge in [0, 0.05) is 5.02 Å². The van der Waals surface area contributed by atoms with Gasteiger partial charge in [0.25, 0.3) is 0 Å². The fraction of sp³-hybridized carbons (Fsp3) is 0.375. The largest absolute Gasteiger partial charge is 0.491 e. The molecular weight excluding hydrogens is 476 g/mol. The fourth-order valence-electron chi connectivity index (χ4n) is 3.35. The van der Waals surface area contributed by atoms with Crippen molar-refractivity contribution in [1.82, 2.24) is 14.1 Å². The molecule has 188 valence electrons. The third-order valence-electron chi connectivity index (χ3n) is 5.23. The van der Waals surface area contributed by atoms with Crippen molar-refractivity contribution < 1.29 is 20.1 Å². The summed E-state index contributed by atoms with van der Waals surface area (Å²) in [5, 5.41) is 29.7. The molecule has 0 aliphatic rings. The highest BCUT2D eigenvalue weighted by Gasteiger charge is 2.28. The molecule has 0 spiro atoms. The zero-order valence-electron chi connectivity index (χ0n) is 19.7. The Balaban J connectivity index is 2.18. The minimum absolute atomic E-state index is 0.00143. The van der Waals surface area contributed by atoms with Gasteiger partial charge in [-0.05, 0) is 62.2 Å². The number of nitrogens with zero attached hydrogens (tertiary/aromatic N) is 3. The van der Waals surface area contributed by atoms with E-state index in [2.05, 4.69) is 9.98 Å². The van der Waals surface area contributed by atoms with Crippen molar-refractivity contribution in [3.63, 3.8) is 0 Å². The predicted molar refractivity (Wildman–Crippen MR) is 131 cm³/mol. The standard InChI is InChI=1S/C24H29ClN4O6/c1-15(2)35-20-9-8-19(10-16(20)3)26-21-27-22(32)29(12-24(34,13-30)14-31)23(33)28(21)11-17-4-6-18(25)7-5-17/h4-10,15,30-31,34H,11-14H2,1-3H3,(H,26,27,32). The van der Waals surface area contributed by atoms with Crippen LogP contribution in [0.15, 0.2) is 57.0 Å². The Morgan fingerprint density at radius 1 is 1.09 bits per heavy atom. The number of H-pyrrole nitrogens is 1. The third kappa shape index (κ3) is 6.49. The van der Waals surface area contributed by atoms with E-state index in [1.165, 1.54) is 4.57 Å². The summed E-state index contributed by atoms with van der Waals surface area (Å²) in [6.07, 6.45) is -0.00143. The van der Waals surface area contributed by atoms with Gasteiger partial charge in [0.1, 0.15) is 11.4 Å². The van der Waals surface area contributed by atoms with E-state index in [-0.39, 0.29) is 18.3 Å². The molecule has 2 aromatic carbocycles. The van der Waals surface area contributed by atoms with Gasteiger partial charge in [-0.15, -0.1) is 0 Å². The smallest absolute Gasteiger partial charge is 0.335 e. The van der Waals surface area contributed by atoms with Crippen LogP contribution in [0.5, 0.6) is 5.75 Å². The second-order valence-corrected chi connectivity index (χ2v) is 9.04. The topological polar surface area (TPSA) is 142 Å². The summed E-state index contributed by atoms with van der Waals surface area (Å²) in [6, 6.07) is 12.0. The van der Waals surface area contributed by atoms with Crippen molar-refractivity contribution in [2.24, 2.45) is 4.99 Å². The molecule has 0 saturated carbocycles. The molecular formula is C24H29ClN4O6. The van der Waals surface area contributed by atoms with Crippen LogP contribution in [0.2, 0.25) is 5.02 Å². The van der Waals surface area contributed by atoms with Crippen LogP contribution >= 0.6 is 11.6 Å². The second-order valence-electron chi connectivity index (χ2n) is 8.60. The average molecular weight is 505 g/mol. The van der Waals surface area contributed by atoms with Crippen LogP contribution in [0.3, 0.4) is 0 Å². The average Bonchev–Trinajstić information content (AvgIpc) is 2.82. The van der Waals surface area contributed by atoms with Crippen molar-refractivity contribution in [2.45, 2.75) is 45.6 Å². The highest BCUT2D eigenvalue weighted by atomic mass is 35.5. The maximum atomic E-state index is 13.3. The number of hydrogen-bond donors (Lipinski definition) is 4. The summed E-state index contributed by atoms with van der Waals surface area (Å²) in [7, 11) is 0. The van der Waals surface area contributed by atoms with E-state index in [9.17, 15) is 24.9 Å². The number of ether oxygens (including phenoxy) is 1. The van der Waals surface area contributed by atoms with Crippen LogP contribution in [0.25, 0.3) is 0 Å². The molecule has 11 heteroatoms. The first-order valence-corrected chi connectivity index (χ1v) is 11.4. The first-order valence-electron chi connectivity index (χ1n) is 11.0. The van der Waals surface area contributed by atoms with E-state index in [1.807, 2.05) is 20.8 Å². The Kier molecular flexibility index (Phi) is 8.34. The second kappa shape index (κ2) is 11.0. The Bertz CT molecular complexity index is 1350. The van der Waals surface area contributed by atoms with Crippen LogP contribution in [0.4, 0.5) is 5.69 Å². The Morgan fingerprint density at radius 3 is 2.31 bits per heavy atom. The monoisotopic (exact) mass is 504 g/mol. The number of aromatic nitrogens is 3. The molecule has 0 atom stereocenters. The van der Waals surface area contributed by atoms with E-state index >= 15 is 0 Å². The number of aryl methyl sites for hydroxylation is 1. The molecule has 0 unspecified atom stereocenters. The van der Waals surface area contributed by atoms with E-state index < -0.39 is 36.7 Å². The van der Waals surface area contributed by atoms with Gasteiger partial charge in [-0.2, -0.15) is 0 Å². The van der Waals surface area contributed by atoms with E-state index in [1.54, 1.807) is 42.5 Å². The zero-order chi connectivity index (χ0) is 25.8. The lowest BCUT2D eigenvalue weighted by atomic mass is 10.1. The molecule has 0 bridgehead atoms. The number of nitrogens with one attached hydrogen (secondary N) is 1. The lowest BCUT2D eigenvalue weighted by Crippen LogP contribution is -2.55. The predicted octanol–water partition coefficient (Wildman–Crippen LogP) is 1.08. The number of aliphatic hydroxyl groups is 3. The number of aliphatic hydroxyl groups excluding tert-OH is 2. The van der Waals surface area contributed by atoms with E-state index in [0.29, 0.717) is 26.6 Å². The summed E-state index contributed by atoms with van der Waals surface area (Å²) in [5.41, 5.74) is -1.68. The van der Waals surface area contributed by atoms with Gasteiger partial charge in [0.15, 0.2) is 0 Å². The maximum Gasteiger partial charge on any atom is 0.335 e. The zero-order valence-corrected chi connectivity index (χ0v) is 20.5. The molecule has 0 fully saturated rings. The number of halogens is 1. The number of benzene rings is 2. The van der Waals surface area contributed by atoms with E-state index in [0.717, 1.165) is 5.56 Å². The fourth-order valence-corrected chi connectivity index (χ4v) is 3.48. The van der Waals surface area contributed by atoms with Crippen molar-refractivity contribution in [1.29, 1.82) is 0 Å². The van der Waals surface area contributed by atoms with Gasteiger partial charge >= 0.3 is 11.4 Å². The van der Waals surface area contributed by atoms with Crippen LogP contribution in [-0.2, 0) is 13.1 Å². The summed E-state index contributed by atoms with van der Waals surface area (Å²) in [5.74, 6) is 0.698. The Labute approximate surface area is 206 Å². The van der Waals surface area contributed by atoms with Crippen molar-refractivity contribution in [3.05, 3.63) is 85.2 Å². The maximum absolute atomic E-state index is 13.3. The molecule has 3 aromatic rings. The molecule has 0 aliphatic heterocycles. The van der Waals surface area contributed by atoms with Gasteiger partial charge in [-0.1, -0.05) is 23.7 Å². The van der Waals surface area contributed by atoms with Gasteiger partial charge in [0.05, 0.1) is 38.1 Å². The molecule has 35 heavy (non-hydrogen) atoms. The highest BCUT2D eigenvalue weighted by molar-refractivity contribution is 6.30. The molecule has 0 amide bonds. The summed E-state index contributed by atoms with van der Waals surface area (Å²) in [4.78, 5) is 33.2. The lowest BCUT2D eigenvalue weighted by Gasteiger charge is -2.23. The molecule has 0 radical (unpaired) electrons. The summed E-state index contributed by atoms with van der Waals surface area (Å²) >= 11 is 5.97. The van der Waals surface area contributed by atoms with Crippen molar-refractivity contribution >= 4 is 17.3 Å². The van der Waals surface area contributed by atoms with Gasteiger partial charge in [0.2, 0.25) is 5.62 Å². The Morgan fingerprint density at radius 2 is 1.74 bits per heavy atom. The minimum atomic E-state index is -2.06. The Hall–Kier alpha value is -3.18. The van der Waals surface area contributed by atoms with Crippen LogP contribution in [0, 0.1) is 6.92 Å². The van der Waals surface area contributed by atoms with Gasteiger partial charge in [-0.3, -0.25) is 9.55 Å². The van der Waals surface area contributed by atoms with Crippen LogP contribution < -0.4 is 21.7 Å². The van der Waals surface area contributed by atoms with Gasteiger partial charge < -0.3 is 20.1 Å². The van der Waals surface area contributed by atoms with Crippen LogP contribution in [0.1, 0.15) is 25.0 Å². The molecule has 1 aromatic heterocycles. The molecule has 0 saturated heterocycles. The molecule has 10 nitrogen and oxygen atoms in total. The molecule has 1 heterocycles. The van der Waals surface area contributed by atoms with E-state index in [4.69, 9.17) is 16.3 Å². The normalized spacial score (nSPS) is 12.4. The first kappa shape index (κ1) is 26.4. The highest BCUT2D eigenvalue weighted by Crippen LogP contribution is 2.24. The van der Waals surface area contributed by atoms with Gasteiger partial charge in [-0.25, -0.2) is 19.1 Å². The molecule has 3 rings (SSSR count). The summed E-state index contributed by atoms with van der Waals surface area (Å²) < 4.78 is 7.70. The minimum Gasteiger partial charge on any atom is -0.491 e.